The lowest BCUT2D eigenvalue weighted by Crippen LogP contribution is -2.35. The Morgan fingerprint density at radius 1 is 1.62 bits per heavy atom. The highest BCUT2D eigenvalue weighted by molar-refractivity contribution is 6.33. The Labute approximate surface area is 101 Å². The molecule has 0 fully saturated rings. The third-order valence-electron chi connectivity index (χ3n) is 2.11. The van der Waals surface area contributed by atoms with Gasteiger partial charge in [-0.1, -0.05) is 18.5 Å². The fraction of sp³-hybridized carbons (Fsp3) is 0.636. The summed E-state index contributed by atoms with van der Waals surface area (Å²) in [4.78, 5) is 12.0. The molecule has 0 aliphatic rings. The normalized spacial score (nSPS) is 11.8. The Hall–Kier alpha value is -0.870. The lowest BCUT2D eigenvalue weighted by atomic mass is 9.98. The van der Waals surface area contributed by atoms with E-state index in [4.69, 9.17) is 17.3 Å². The van der Waals surface area contributed by atoms with Crippen LogP contribution in [0, 0.1) is 0 Å². The van der Waals surface area contributed by atoms with E-state index in [1.165, 1.54) is 6.20 Å². The molecule has 0 atom stereocenters. The maximum atomic E-state index is 12.0. The molecule has 0 saturated carbocycles. The zero-order valence-electron chi connectivity index (χ0n) is 9.96. The van der Waals surface area contributed by atoms with E-state index in [0.717, 1.165) is 6.42 Å². The number of aryl methyl sites for hydroxylation is 1. The molecule has 0 spiro atoms. The van der Waals surface area contributed by atoms with E-state index in [2.05, 4.69) is 5.10 Å². The molecule has 1 rings (SSSR count). The highest BCUT2D eigenvalue weighted by atomic mass is 35.5. The van der Waals surface area contributed by atoms with Crippen LogP contribution in [0.15, 0.2) is 6.20 Å². The zero-order chi connectivity index (χ0) is 12.3. The van der Waals surface area contributed by atoms with Crippen LogP contribution in [0.2, 0.25) is 5.02 Å². The summed E-state index contributed by atoms with van der Waals surface area (Å²) in [6.07, 6.45) is 2.68. The molecule has 0 radical (unpaired) electrons. The fourth-order valence-electron chi connectivity index (χ4n) is 1.52. The summed E-state index contributed by atoms with van der Waals surface area (Å²) < 4.78 is 1.65. The van der Waals surface area contributed by atoms with E-state index in [1.807, 2.05) is 20.8 Å². The van der Waals surface area contributed by atoms with Crippen molar-refractivity contribution in [2.45, 2.75) is 45.7 Å². The summed E-state index contributed by atoms with van der Waals surface area (Å²) in [5.41, 5.74) is 5.77. The number of nitrogens with zero attached hydrogens (tertiary/aromatic N) is 2. The van der Waals surface area contributed by atoms with Crippen LogP contribution in [0.5, 0.6) is 0 Å². The summed E-state index contributed by atoms with van der Waals surface area (Å²) in [6.45, 7) is 6.36. The van der Waals surface area contributed by atoms with Crippen molar-refractivity contribution in [3.63, 3.8) is 0 Å². The lowest BCUT2D eigenvalue weighted by molar-refractivity contribution is 0.0949. The molecule has 0 aliphatic carbocycles. The maximum absolute atomic E-state index is 12.0. The number of halogens is 1. The minimum absolute atomic E-state index is 0.0524. The van der Waals surface area contributed by atoms with Gasteiger partial charge in [-0.25, -0.2) is 0 Å². The minimum atomic E-state index is -0.526. The highest BCUT2D eigenvalue weighted by Gasteiger charge is 2.23. The fourth-order valence-corrected chi connectivity index (χ4v) is 1.77. The molecule has 0 unspecified atom stereocenters. The van der Waals surface area contributed by atoms with Gasteiger partial charge in [0.1, 0.15) is 5.69 Å². The van der Waals surface area contributed by atoms with Gasteiger partial charge < -0.3 is 5.73 Å². The van der Waals surface area contributed by atoms with Crippen molar-refractivity contribution in [3.8, 4) is 0 Å². The third-order valence-corrected chi connectivity index (χ3v) is 2.39. The second-order valence-electron chi connectivity index (χ2n) is 4.65. The zero-order valence-corrected chi connectivity index (χ0v) is 10.7. The number of Topliss-reactive ketones (excluding diaryl/α,β-unsaturated/α-hetero) is 1. The molecule has 0 aromatic carbocycles. The number of ketones is 1. The number of carbonyl (C=O) groups excluding carboxylic acids is 1. The number of hydrogen-bond acceptors (Lipinski definition) is 3. The predicted octanol–water partition coefficient (Wildman–Crippen LogP) is 2.26. The first-order valence-corrected chi connectivity index (χ1v) is 5.76. The first kappa shape index (κ1) is 13.2. The monoisotopic (exact) mass is 243 g/mol. The molecule has 4 nitrogen and oxygen atoms in total. The number of carbonyl (C=O) groups is 1. The average molecular weight is 244 g/mol. The largest absolute Gasteiger partial charge is 0.325 e. The van der Waals surface area contributed by atoms with Crippen molar-refractivity contribution in [2.24, 2.45) is 5.73 Å². The molecule has 0 bridgehead atoms. The Bertz CT molecular complexity index is 379. The first-order chi connectivity index (χ1) is 7.35. The molecular formula is C11H18ClN3O. The van der Waals surface area contributed by atoms with Crippen molar-refractivity contribution in [2.75, 3.05) is 0 Å². The van der Waals surface area contributed by atoms with Crippen LogP contribution >= 0.6 is 11.6 Å². The molecule has 0 aliphatic heterocycles. The number of rotatable bonds is 5. The van der Waals surface area contributed by atoms with Crippen molar-refractivity contribution < 1.29 is 4.79 Å². The summed E-state index contributed by atoms with van der Waals surface area (Å²) in [5.74, 6) is -0.0524. The molecule has 90 valence electrons. The van der Waals surface area contributed by atoms with E-state index >= 15 is 0 Å². The van der Waals surface area contributed by atoms with Crippen LogP contribution in [0.4, 0.5) is 0 Å². The van der Waals surface area contributed by atoms with Gasteiger partial charge in [-0.05, 0) is 20.3 Å². The van der Waals surface area contributed by atoms with Crippen LogP contribution < -0.4 is 5.73 Å². The maximum Gasteiger partial charge on any atom is 0.184 e. The van der Waals surface area contributed by atoms with Gasteiger partial charge in [0.05, 0.1) is 11.2 Å². The standard InChI is InChI=1S/C11H18ClN3O/c1-4-5-15-10(8(12)7-14-15)9(16)6-11(2,3)13/h7H,4-6,13H2,1-3H3. The molecule has 1 aromatic heterocycles. The van der Waals surface area contributed by atoms with Crippen molar-refractivity contribution in [1.29, 1.82) is 0 Å². The molecule has 2 N–H and O–H groups in total. The van der Waals surface area contributed by atoms with E-state index in [-0.39, 0.29) is 12.2 Å². The number of hydrogen-bond donors (Lipinski definition) is 1. The van der Waals surface area contributed by atoms with Crippen LogP contribution in [-0.4, -0.2) is 21.1 Å². The minimum Gasteiger partial charge on any atom is -0.325 e. The van der Waals surface area contributed by atoms with Crippen molar-refractivity contribution in [1.82, 2.24) is 9.78 Å². The van der Waals surface area contributed by atoms with Gasteiger partial charge in [-0.15, -0.1) is 0 Å². The van der Waals surface area contributed by atoms with Gasteiger partial charge in [0.15, 0.2) is 5.78 Å². The van der Waals surface area contributed by atoms with E-state index in [1.54, 1.807) is 4.68 Å². The molecule has 1 aromatic rings. The quantitative estimate of drug-likeness (QED) is 0.807. The van der Waals surface area contributed by atoms with Crippen LogP contribution in [0.1, 0.15) is 44.1 Å². The Morgan fingerprint density at radius 3 is 2.75 bits per heavy atom. The first-order valence-electron chi connectivity index (χ1n) is 5.38. The van der Waals surface area contributed by atoms with Crippen molar-refractivity contribution in [3.05, 3.63) is 16.9 Å². The summed E-state index contributed by atoms with van der Waals surface area (Å²) in [5, 5.41) is 4.48. The Balaban J connectivity index is 2.93. The summed E-state index contributed by atoms with van der Waals surface area (Å²) in [6, 6.07) is 0. The molecule has 16 heavy (non-hydrogen) atoms. The smallest absolute Gasteiger partial charge is 0.184 e. The van der Waals surface area contributed by atoms with Crippen LogP contribution in [0.25, 0.3) is 0 Å². The summed E-state index contributed by atoms with van der Waals surface area (Å²) >= 11 is 5.96. The van der Waals surface area contributed by atoms with Gasteiger partial charge >= 0.3 is 0 Å². The SMILES string of the molecule is CCCn1ncc(Cl)c1C(=O)CC(C)(C)N. The highest BCUT2D eigenvalue weighted by Crippen LogP contribution is 2.19. The van der Waals surface area contributed by atoms with E-state index < -0.39 is 5.54 Å². The lowest BCUT2D eigenvalue weighted by Gasteiger charge is -2.17. The topological polar surface area (TPSA) is 60.9 Å². The third kappa shape index (κ3) is 3.32. The van der Waals surface area contributed by atoms with Crippen LogP contribution in [0.3, 0.4) is 0 Å². The molecule has 0 amide bonds. The Morgan fingerprint density at radius 2 is 2.25 bits per heavy atom. The molecule has 0 saturated heterocycles. The summed E-state index contributed by atoms with van der Waals surface area (Å²) in [7, 11) is 0. The van der Waals surface area contributed by atoms with Gasteiger partial charge in [0.25, 0.3) is 0 Å². The van der Waals surface area contributed by atoms with E-state index in [9.17, 15) is 4.79 Å². The second-order valence-corrected chi connectivity index (χ2v) is 5.06. The molecular weight excluding hydrogens is 226 g/mol. The van der Waals surface area contributed by atoms with Gasteiger partial charge in [-0.3, -0.25) is 9.48 Å². The van der Waals surface area contributed by atoms with Gasteiger partial charge in [0.2, 0.25) is 0 Å². The van der Waals surface area contributed by atoms with Gasteiger partial charge in [-0.2, -0.15) is 5.10 Å². The number of nitrogens with two attached hydrogens (primary N) is 1. The molecule has 1 heterocycles. The van der Waals surface area contributed by atoms with Gasteiger partial charge in [0, 0.05) is 18.5 Å². The molecule has 5 heteroatoms. The van der Waals surface area contributed by atoms with E-state index in [0.29, 0.717) is 17.3 Å². The Kier molecular flexibility index (Phi) is 4.10. The average Bonchev–Trinajstić information content (AvgIpc) is 2.44. The van der Waals surface area contributed by atoms with Crippen molar-refractivity contribution >= 4 is 17.4 Å². The van der Waals surface area contributed by atoms with Crippen LogP contribution in [-0.2, 0) is 6.54 Å². The number of aromatic nitrogens is 2. The predicted molar refractivity (Wildman–Crippen MR) is 64.7 cm³/mol. The second kappa shape index (κ2) is 4.97.